The molecule has 0 heterocycles. The van der Waals surface area contributed by atoms with Crippen LogP contribution in [0, 0.1) is 0 Å². The van der Waals surface area contributed by atoms with E-state index in [1.54, 1.807) is 0 Å². The van der Waals surface area contributed by atoms with Crippen LogP contribution in [0.3, 0.4) is 0 Å². The summed E-state index contributed by atoms with van der Waals surface area (Å²) in [5.74, 6) is -5.24. The van der Waals surface area contributed by atoms with Gasteiger partial charge in [-0.2, -0.15) is 17.6 Å². The highest BCUT2D eigenvalue weighted by atomic mass is 79.9. The minimum absolute atomic E-state index is 0.477. The molecule has 1 unspecified atom stereocenters. The summed E-state index contributed by atoms with van der Waals surface area (Å²) >= 11 is 3.03. The second-order valence-corrected chi connectivity index (χ2v) is 7.82. The Hall–Kier alpha value is -1.45. The van der Waals surface area contributed by atoms with E-state index < -0.39 is 37.6 Å². The van der Waals surface area contributed by atoms with Gasteiger partial charge in [0, 0.05) is 4.47 Å². The molecule has 0 spiro atoms. The number of hydrogen-bond acceptors (Lipinski definition) is 3. The third-order valence-electron chi connectivity index (χ3n) is 3.31. The summed E-state index contributed by atoms with van der Waals surface area (Å²) in [6.45, 7) is 0. The highest BCUT2D eigenvalue weighted by Crippen LogP contribution is 2.48. The fraction of sp³-hybridized carbons (Fsp3) is 0.200. The lowest BCUT2D eigenvalue weighted by Crippen LogP contribution is -2.50. The molecule has 2 aromatic rings. The molecule has 0 aliphatic heterocycles. The number of benzene rings is 2. The summed E-state index contributed by atoms with van der Waals surface area (Å²) in [4.78, 5) is -0.960. The van der Waals surface area contributed by atoms with E-state index in [1.165, 1.54) is 18.2 Å². The molecule has 130 valence electrons. The van der Waals surface area contributed by atoms with Crippen LogP contribution in [0.2, 0.25) is 0 Å². The van der Waals surface area contributed by atoms with Gasteiger partial charge in [0.2, 0.25) is 9.84 Å². The summed E-state index contributed by atoms with van der Waals surface area (Å²) in [7, 11) is -5.71. The van der Waals surface area contributed by atoms with Crippen LogP contribution in [-0.4, -0.2) is 24.7 Å². The van der Waals surface area contributed by atoms with E-state index in [4.69, 9.17) is 0 Å². The van der Waals surface area contributed by atoms with Crippen molar-refractivity contribution in [3.63, 3.8) is 0 Å². The Morgan fingerprint density at radius 2 is 1.42 bits per heavy atom. The minimum atomic E-state index is -5.71. The lowest BCUT2D eigenvalue weighted by Gasteiger charge is -2.30. The molecule has 3 nitrogen and oxygen atoms in total. The molecule has 0 saturated heterocycles. The molecule has 0 aromatic heterocycles. The highest BCUT2D eigenvalue weighted by Gasteiger charge is 2.69. The van der Waals surface area contributed by atoms with Gasteiger partial charge in [0.05, 0.1) is 4.90 Å². The van der Waals surface area contributed by atoms with E-state index in [1.807, 2.05) is 0 Å². The van der Waals surface area contributed by atoms with Crippen LogP contribution in [0.4, 0.5) is 17.6 Å². The Bertz CT molecular complexity index is 808. The predicted molar refractivity (Wildman–Crippen MR) is 82.6 cm³/mol. The van der Waals surface area contributed by atoms with Crippen molar-refractivity contribution in [2.75, 3.05) is 0 Å². The van der Waals surface area contributed by atoms with E-state index in [9.17, 15) is 31.1 Å². The van der Waals surface area contributed by atoms with E-state index >= 15 is 0 Å². The fourth-order valence-corrected chi connectivity index (χ4v) is 3.49. The van der Waals surface area contributed by atoms with E-state index in [2.05, 4.69) is 15.9 Å². The molecule has 0 radical (unpaired) electrons. The van der Waals surface area contributed by atoms with E-state index in [-0.39, 0.29) is 0 Å². The number of rotatable bonds is 5. The summed E-state index contributed by atoms with van der Waals surface area (Å²) in [6.07, 6.45) is -3.00. The molecule has 1 N–H and O–H groups in total. The first-order valence-corrected chi connectivity index (χ1v) is 8.78. The monoisotopic (exact) mass is 426 g/mol. The average Bonchev–Trinajstić information content (AvgIpc) is 2.55. The summed E-state index contributed by atoms with van der Waals surface area (Å²) < 4.78 is 81.1. The van der Waals surface area contributed by atoms with Crippen molar-refractivity contribution in [2.45, 2.75) is 22.2 Å². The number of sulfone groups is 1. The number of hydrogen-bond donors (Lipinski definition) is 1. The fourth-order valence-electron chi connectivity index (χ4n) is 1.94. The minimum Gasteiger partial charge on any atom is -0.382 e. The van der Waals surface area contributed by atoms with Crippen LogP contribution in [-0.2, 0) is 9.84 Å². The van der Waals surface area contributed by atoms with Gasteiger partial charge in [-0.05, 0) is 29.8 Å². The van der Waals surface area contributed by atoms with Gasteiger partial charge in [0.1, 0.15) is 6.10 Å². The lowest BCUT2D eigenvalue weighted by atomic mass is 10.0. The van der Waals surface area contributed by atoms with Crippen LogP contribution in [0.1, 0.15) is 11.7 Å². The van der Waals surface area contributed by atoms with Crippen molar-refractivity contribution in [1.29, 1.82) is 0 Å². The zero-order chi connectivity index (χ0) is 18.2. The number of aliphatic hydroxyl groups excluding tert-OH is 1. The van der Waals surface area contributed by atoms with Gasteiger partial charge in [0.15, 0.2) is 0 Å². The Labute approximate surface area is 144 Å². The van der Waals surface area contributed by atoms with Crippen molar-refractivity contribution < 1.29 is 31.1 Å². The van der Waals surface area contributed by atoms with Gasteiger partial charge in [-0.15, -0.1) is 0 Å². The van der Waals surface area contributed by atoms with Crippen LogP contribution in [0.5, 0.6) is 0 Å². The second kappa shape index (κ2) is 6.45. The third kappa shape index (κ3) is 3.07. The van der Waals surface area contributed by atoms with E-state index in [0.717, 1.165) is 36.4 Å². The zero-order valence-corrected chi connectivity index (χ0v) is 14.2. The van der Waals surface area contributed by atoms with Crippen molar-refractivity contribution in [2.24, 2.45) is 0 Å². The number of alkyl halides is 4. The van der Waals surface area contributed by atoms with Crippen LogP contribution in [0.25, 0.3) is 0 Å². The van der Waals surface area contributed by atoms with Crippen LogP contribution < -0.4 is 0 Å². The largest absolute Gasteiger partial charge is 0.414 e. The quantitative estimate of drug-likeness (QED) is 0.729. The predicted octanol–water partition coefficient (Wildman–Crippen LogP) is 4.18. The van der Waals surface area contributed by atoms with E-state index in [0.29, 0.717) is 4.47 Å². The highest BCUT2D eigenvalue weighted by molar-refractivity contribution is 9.10. The molecule has 2 aromatic carbocycles. The Morgan fingerprint density at radius 3 is 1.92 bits per heavy atom. The molecule has 0 fully saturated rings. The second-order valence-electron chi connectivity index (χ2n) is 4.91. The topological polar surface area (TPSA) is 54.4 Å². The Morgan fingerprint density at radius 1 is 0.917 bits per heavy atom. The summed E-state index contributed by atoms with van der Waals surface area (Å²) in [6, 6.07) is 9.69. The maximum Gasteiger partial charge on any atom is 0.414 e. The standard InChI is InChI=1S/C15H11BrF4O3S/c16-11-8-6-10(7-9-11)13(21)14(17,18)15(19,20)24(22,23)12-4-2-1-3-5-12/h1-9,13,21H. The molecule has 0 aliphatic rings. The van der Waals surface area contributed by atoms with Crippen LogP contribution in [0.15, 0.2) is 64.0 Å². The smallest absolute Gasteiger partial charge is 0.382 e. The first-order valence-electron chi connectivity index (χ1n) is 6.50. The molecule has 9 heteroatoms. The molecule has 0 aliphatic carbocycles. The lowest BCUT2D eigenvalue weighted by molar-refractivity contribution is -0.215. The van der Waals surface area contributed by atoms with Gasteiger partial charge in [-0.3, -0.25) is 0 Å². The molecule has 0 amide bonds. The molecule has 24 heavy (non-hydrogen) atoms. The molecule has 0 saturated carbocycles. The first kappa shape index (κ1) is 18.9. The number of aliphatic hydroxyl groups is 1. The van der Waals surface area contributed by atoms with Crippen molar-refractivity contribution >= 4 is 25.8 Å². The maximum atomic E-state index is 14.2. The van der Waals surface area contributed by atoms with Gasteiger partial charge in [-0.25, -0.2) is 8.42 Å². The molecule has 0 bridgehead atoms. The van der Waals surface area contributed by atoms with Gasteiger partial charge in [-0.1, -0.05) is 46.3 Å². The van der Waals surface area contributed by atoms with Gasteiger partial charge < -0.3 is 5.11 Å². The molecule has 2 rings (SSSR count). The van der Waals surface area contributed by atoms with Crippen molar-refractivity contribution in [3.8, 4) is 0 Å². The molecular formula is C15H11BrF4O3S. The number of halogens is 5. The van der Waals surface area contributed by atoms with Crippen molar-refractivity contribution in [1.82, 2.24) is 0 Å². The zero-order valence-electron chi connectivity index (χ0n) is 11.8. The van der Waals surface area contributed by atoms with Crippen LogP contribution >= 0.6 is 15.9 Å². The maximum absolute atomic E-state index is 14.2. The Balaban J connectivity index is 2.47. The van der Waals surface area contributed by atoms with Gasteiger partial charge in [0.25, 0.3) is 0 Å². The normalized spacial score (nSPS) is 14.4. The molecular weight excluding hydrogens is 416 g/mol. The molecule has 1 atom stereocenters. The van der Waals surface area contributed by atoms with Crippen molar-refractivity contribution in [3.05, 3.63) is 64.6 Å². The average molecular weight is 427 g/mol. The SMILES string of the molecule is O=S(=O)(c1ccccc1)C(F)(F)C(F)(F)C(O)c1ccc(Br)cc1. The first-order chi connectivity index (χ1) is 11.0. The summed E-state index contributed by atoms with van der Waals surface area (Å²) in [5.41, 5.74) is -0.536. The third-order valence-corrected chi connectivity index (χ3v) is 5.68. The Kier molecular flexibility index (Phi) is 5.08. The van der Waals surface area contributed by atoms with Gasteiger partial charge >= 0.3 is 11.2 Å². The summed E-state index contributed by atoms with van der Waals surface area (Å²) in [5, 5.41) is 4.17.